The van der Waals surface area contributed by atoms with Crippen molar-refractivity contribution < 1.29 is 14.3 Å². The van der Waals surface area contributed by atoms with E-state index in [1.54, 1.807) is 18.2 Å². The van der Waals surface area contributed by atoms with Crippen molar-refractivity contribution in [2.45, 2.75) is 0 Å². The van der Waals surface area contributed by atoms with Crippen LogP contribution in [0.2, 0.25) is 0 Å². The van der Waals surface area contributed by atoms with Crippen LogP contribution in [-0.4, -0.2) is 26.4 Å². The van der Waals surface area contributed by atoms with Crippen LogP contribution in [-0.2, 0) is 0 Å². The van der Waals surface area contributed by atoms with E-state index in [9.17, 15) is 4.79 Å². The Morgan fingerprint density at radius 3 is 2.79 bits per heavy atom. The fourth-order valence-electron chi connectivity index (χ4n) is 2.46. The smallest absolute Gasteiger partial charge is 0.257 e. The van der Waals surface area contributed by atoms with E-state index in [-0.39, 0.29) is 12.7 Å². The molecule has 1 aliphatic heterocycles. The molecule has 3 heterocycles. The number of fused-ring (bicyclic) bond motifs is 3. The van der Waals surface area contributed by atoms with E-state index in [1.807, 2.05) is 12.1 Å². The first kappa shape index (κ1) is 13.6. The number of carbonyl (C=O) groups is 1. The predicted molar refractivity (Wildman–Crippen MR) is 91.1 cm³/mol. The largest absolute Gasteiger partial charge is 0.454 e. The molecule has 0 fully saturated rings. The molecular formula is C15H8N4O3S2. The number of aromatic nitrogens is 3. The van der Waals surface area contributed by atoms with Gasteiger partial charge in [-0.3, -0.25) is 10.1 Å². The van der Waals surface area contributed by atoms with Crippen molar-refractivity contribution in [3.8, 4) is 11.5 Å². The van der Waals surface area contributed by atoms with Gasteiger partial charge in [0.25, 0.3) is 5.91 Å². The third kappa shape index (κ3) is 2.17. The van der Waals surface area contributed by atoms with Gasteiger partial charge >= 0.3 is 0 Å². The van der Waals surface area contributed by atoms with Gasteiger partial charge < -0.3 is 9.47 Å². The minimum absolute atomic E-state index is 0.226. The van der Waals surface area contributed by atoms with Gasteiger partial charge in [0.15, 0.2) is 16.6 Å². The SMILES string of the molecule is O=C(Nc1nc2cc3c(cc2s1)OCO3)c1ccc2nsnc2c1. The number of amides is 1. The molecule has 0 saturated carbocycles. The van der Waals surface area contributed by atoms with Crippen LogP contribution in [0.1, 0.15) is 10.4 Å². The topological polar surface area (TPSA) is 86.2 Å². The predicted octanol–water partition coefficient (Wildman–Crippen LogP) is 3.28. The van der Waals surface area contributed by atoms with Crippen molar-refractivity contribution >= 4 is 55.4 Å². The lowest BCUT2D eigenvalue weighted by Crippen LogP contribution is -2.11. The summed E-state index contributed by atoms with van der Waals surface area (Å²) in [4.78, 5) is 16.9. The fourth-order valence-corrected chi connectivity index (χ4v) is 3.85. The van der Waals surface area contributed by atoms with E-state index in [0.29, 0.717) is 27.7 Å². The van der Waals surface area contributed by atoms with Crippen LogP contribution >= 0.6 is 23.1 Å². The Hall–Kier alpha value is -2.78. The van der Waals surface area contributed by atoms with Gasteiger partial charge in [0.1, 0.15) is 11.0 Å². The van der Waals surface area contributed by atoms with Crippen molar-refractivity contribution in [2.75, 3.05) is 12.1 Å². The number of thiazole rings is 1. The van der Waals surface area contributed by atoms with Crippen LogP contribution in [0.25, 0.3) is 21.3 Å². The molecule has 2 aromatic heterocycles. The van der Waals surface area contributed by atoms with Crippen LogP contribution in [0.3, 0.4) is 0 Å². The second-order valence-electron chi connectivity index (χ2n) is 5.11. The van der Waals surface area contributed by atoms with Crippen molar-refractivity contribution in [1.82, 2.24) is 13.7 Å². The van der Waals surface area contributed by atoms with Gasteiger partial charge in [0.2, 0.25) is 6.79 Å². The van der Waals surface area contributed by atoms with E-state index in [2.05, 4.69) is 19.0 Å². The molecule has 0 bridgehead atoms. The first-order chi connectivity index (χ1) is 11.8. The van der Waals surface area contributed by atoms with Gasteiger partial charge in [0, 0.05) is 17.7 Å². The average molecular weight is 356 g/mol. The summed E-state index contributed by atoms with van der Waals surface area (Å²) in [5.74, 6) is 1.14. The Balaban J connectivity index is 1.46. The number of anilines is 1. The normalized spacial score (nSPS) is 12.8. The van der Waals surface area contributed by atoms with E-state index < -0.39 is 0 Å². The second kappa shape index (κ2) is 5.11. The molecule has 1 amide bonds. The molecule has 0 saturated heterocycles. The highest BCUT2D eigenvalue weighted by Crippen LogP contribution is 2.39. The average Bonchev–Trinajstić information content (AvgIpc) is 3.29. The molecule has 7 nitrogen and oxygen atoms in total. The number of carbonyl (C=O) groups excluding carboxylic acids is 1. The lowest BCUT2D eigenvalue weighted by atomic mass is 10.2. The minimum Gasteiger partial charge on any atom is -0.454 e. The number of ether oxygens (including phenoxy) is 2. The lowest BCUT2D eigenvalue weighted by Gasteiger charge is -2.00. The van der Waals surface area contributed by atoms with Crippen molar-refractivity contribution in [3.63, 3.8) is 0 Å². The molecule has 0 radical (unpaired) electrons. The molecule has 1 aliphatic rings. The van der Waals surface area contributed by atoms with Crippen LogP contribution < -0.4 is 14.8 Å². The van der Waals surface area contributed by atoms with Gasteiger partial charge in [-0.1, -0.05) is 11.3 Å². The van der Waals surface area contributed by atoms with Gasteiger partial charge in [-0.05, 0) is 18.2 Å². The Morgan fingerprint density at radius 2 is 1.88 bits per heavy atom. The Labute approximate surface area is 143 Å². The monoisotopic (exact) mass is 356 g/mol. The summed E-state index contributed by atoms with van der Waals surface area (Å²) < 4.78 is 19.9. The molecule has 1 N–H and O–H groups in total. The maximum absolute atomic E-state index is 12.4. The van der Waals surface area contributed by atoms with Crippen molar-refractivity contribution in [3.05, 3.63) is 35.9 Å². The summed E-state index contributed by atoms with van der Waals surface area (Å²) in [5.41, 5.74) is 2.77. The highest BCUT2D eigenvalue weighted by Gasteiger charge is 2.17. The summed E-state index contributed by atoms with van der Waals surface area (Å²) in [6, 6.07) is 8.92. The van der Waals surface area contributed by atoms with Crippen LogP contribution in [0, 0.1) is 0 Å². The summed E-state index contributed by atoms with van der Waals surface area (Å²) in [6.45, 7) is 0.226. The van der Waals surface area contributed by atoms with Gasteiger partial charge in [-0.2, -0.15) is 8.75 Å². The van der Waals surface area contributed by atoms with Gasteiger partial charge in [0.05, 0.1) is 21.9 Å². The zero-order valence-electron chi connectivity index (χ0n) is 12.0. The zero-order valence-corrected chi connectivity index (χ0v) is 13.6. The molecule has 9 heteroatoms. The first-order valence-electron chi connectivity index (χ1n) is 7.00. The van der Waals surface area contributed by atoms with Crippen LogP contribution in [0.5, 0.6) is 11.5 Å². The number of rotatable bonds is 2. The third-order valence-electron chi connectivity index (χ3n) is 3.62. The van der Waals surface area contributed by atoms with Crippen LogP contribution in [0.4, 0.5) is 5.13 Å². The number of nitrogens with one attached hydrogen (secondary N) is 1. The number of hydrogen-bond donors (Lipinski definition) is 1. The highest BCUT2D eigenvalue weighted by molar-refractivity contribution is 7.22. The lowest BCUT2D eigenvalue weighted by molar-refractivity contribution is 0.102. The standard InChI is InChI=1S/C15H8N4O3S2/c20-14(7-1-2-8-9(3-7)19-24-18-8)17-15-16-10-4-11-12(22-6-21-11)5-13(10)23-15/h1-5H,6H2,(H,16,17,20). The summed E-state index contributed by atoms with van der Waals surface area (Å²) >= 11 is 2.51. The molecule has 0 spiro atoms. The minimum atomic E-state index is -0.232. The van der Waals surface area contributed by atoms with E-state index in [4.69, 9.17) is 9.47 Å². The number of hydrogen-bond acceptors (Lipinski definition) is 8. The van der Waals surface area contributed by atoms with E-state index >= 15 is 0 Å². The van der Waals surface area contributed by atoms with E-state index in [1.165, 1.54) is 11.3 Å². The maximum Gasteiger partial charge on any atom is 0.257 e. The zero-order chi connectivity index (χ0) is 16.1. The quantitative estimate of drug-likeness (QED) is 0.593. The molecule has 118 valence electrons. The number of nitrogens with zero attached hydrogens (tertiary/aromatic N) is 3. The molecule has 24 heavy (non-hydrogen) atoms. The maximum atomic E-state index is 12.4. The van der Waals surface area contributed by atoms with Crippen molar-refractivity contribution in [2.24, 2.45) is 0 Å². The van der Waals surface area contributed by atoms with Gasteiger partial charge in [-0.15, -0.1) is 0 Å². The summed E-state index contributed by atoms with van der Waals surface area (Å²) in [6.07, 6.45) is 0. The molecule has 0 atom stereocenters. The second-order valence-corrected chi connectivity index (χ2v) is 6.67. The Kier molecular flexibility index (Phi) is 2.91. The molecule has 5 rings (SSSR count). The van der Waals surface area contributed by atoms with E-state index in [0.717, 1.165) is 27.5 Å². The Morgan fingerprint density at radius 1 is 1.04 bits per heavy atom. The summed E-state index contributed by atoms with van der Waals surface area (Å²) in [5, 5.41) is 3.34. The van der Waals surface area contributed by atoms with Crippen LogP contribution in [0.15, 0.2) is 30.3 Å². The molecule has 4 aromatic rings. The molecule has 0 aliphatic carbocycles. The molecular weight excluding hydrogens is 348 g/mol. The Bertz CT molecular complexity index is 1060. The van der Waals surface area contributed by atoms with Crippen molar-refractivity contribution in [1.29, 1.82) is 0 Å². The fraction of sp³-hybridized carbons (Fsp3) is 0.0667. The number of benzene rings is 2. The summed E-state index contributed by atoms with van der Waals surface area (Å²) in [7, 11) is 0. The van der Waals surface area contributed by atoms with Gasteiger partial charge in [-0.25, -0.2) is 4.98 Å². The molecule has 0 unspecified atom stereocenters. The highest BCUT2D eigenvalue weighted by atomic mass is 32.1. The molecule has 2 aromatic carbocycles. The first-order valence-corrected chi connectivity index (χ1v) is 8.55. The third-order valence-corrected chi connectivity index (χ3v) is 5.11.